The van der Waals surface area contributed by atoms with Gasteiger partial charge in [0.2, 0.25) is 0 Å². The van der Waals surface area contributed by atoms with E-state index in [0.29, 0.717) is 11.5 Å². The fraction of sp³-hybridized carbons (Fsp3) is 0.409. The molecule has 309 valence electrons. The normalized spacial score (nSPS) is 17.8. The summed E-state index contributed by atoms with van der Waals surface area (Å²) in [5, 5.41) is 22.8. The zero-order valence-corrected chi connectivity index (χ0v) is 36.5. The van der Waals surface area contributed by atoms with Crippen LogP contribution in [0.1, 0.15) is 112 Å². The van der Waals surface area contributed by atoms with Crippen LogP contribution in [-0.2, 0) is 53.3 Å². The van der Waals surface area contributed by atoms with Crippen LogP contribution < -0.4 is 0 Å². The van der Waals surface area contributed by atoms with Gasteiger partial charge in [0, 0.05) is 40.3 Å². The third-order valence-electron chi connectivity index (χ3n) is 9.72. The van der Waals surface area contributed by atoms with E-state index in [9.17, 15) is 27.1 Å². The molecule has 1 aliphatic carbocycles. The van der Waals surface area contributed by atoms with Crippen molar-refractivity contribution in [2.24, 2.45) is 9.98 Å². The number of nitrogens with zero attached hydrogens (tertiary/aromatic N) is 2. The van der Waals surface area contributed by atoms with Crippen molar-refractivity contribution in [2.75, 3.05) is 0 Å². The monoisotopic (exact) mass is 936 g/mol. The Balaban J connectivity index is 0.000000960. The molecule has 12 heteroatoms. The molecule has 1 fully saturated rings. The number of halogens is 6. The van der Waals surface area contributed by atoms with Crippen molar-refractivity contribution in [3.05, 3.63) is 129 Å². The third-order valence-corrected chi connectivity index (χ3v) is 9.72. The molecule has 0 heterocycles. The van der Waals surface area contributed by atoms with Gasteiger partial charge in [-0.05, 0) is 94.9 Å². The first-order valence-corrected chi connectivity index (χ1v) is 24.6. The number of benzene rings is 4. The second-order valence-electron chi connectivity index (χ2n) is 16.6. The van der Waals surface area contributed by atoms with E-state index in [-0.39, 0.29) is 39.7 Å². The summed E-state index contributed by atoms with van der Waals surface area (Å²) in [6.07, 6.45) is 11.2. The number of rotatable bonds is 10. The summed E-state index contributed by atoms with van der Waals surface area (Å²) in [7, 11) is 0. The van der Waals surface area contributed by atoms with Crippen molar-refractivity contribution in [1.29, 1.82) is 0 Å². The van der Waals surface area contributed by atoms with Gasteiger partial charge in [0.05, 0.1) is 12.1 Å². The average Bonchev–Trinajstić information content (AvgIpc) is 3.08. The Hall–Kier alpha value is -3.28. The molecule has 0 bridgehead atoms. The topological polar surface area (TPSA) is 65.2 Å². The standard InChI is InChI=1S/C44H54N2O2.Co.6FH.Sb/c1-43(2,3)37-25-33(23-21-31-15-9-7-10-16-31)41(47)35(27-37)29-45-39-19-13-14-20-40(39)46-30-36-28-38(44(4,5)6)26-34(42(36)48)24-22-32-17-11-8-12-18-32;;;;;;;;/h7-12,15-18,25-30,39-40,47-48H,13-14,19-24H2,1-6H3;;6*1H;/q;;;;;;;;+5/p-6/t39-,40-;;;;;;;;/m1......../s1. The fourth-order valence-corrected chi connectivity index (χ4v) is 6.52. The van der Waals surface area contributed by atoms with Crippen molar-refractivity contribution in [1.82, 2.24) is 0 Å². The third kappa shape index (κ3) is 16.3. The van der Waals surface area contributed by atoms with Crippen molar-refractivity contribution >= 4 is 31.9 Å². The maximum absolute atomic E-state index is 11.4. The molecule has 0 spiro atoms. The van der Waals surface area contributed by atoms with E-state index in [1.165, 1.54) is 22.3 Å². The Labute approximate surface area is 340 Å². The molecule has 0 amide bonds. The Bertz CT molecular complexity index is 1820. The molecule has 56 heavy (non-hydrogen) atoms. The predicted octanol–water partition coefficient (Wildman–Crippen LogP) is 12.3. The van der Waals surface area contributed by atoms with Gasteiger partial charge < -0.3 is 10.2 Å². The second kappa shape index (κ2) is 18.1. The molecule has 1 radical (unpaired) electrons. The minimum atomic E-state index is -11.2. The summed E-state index contributed by atoms with van der Waals surface area (Å²) >= 11 is -11.2. The summed E-state index contributed by atoms with van der Waals surface area (Å²) in [4.78, 5) is 10.2. The summed E-state index contributed by atoms with van der Waals surface area (Å²) in [5.74, 6) is 0.649. The van der Waals surface area contributed by atoms with Crippen LogP contribution in [0.4, 0.5) is 16.9 Å². The van der Waals surface area contributed by atoms with Gasteiger partial charge in [-0.1, -0.05) is 127 Å². The van der Waals surface area contributed by atoms with Gasteiger partial charge in [-0.15, -0.1) is 0 Å². The van der Waals surface area contributed by atoms with Crippen molar-refractivity contribution in [2.45, 2.75) is 116 Å². The van der Waals surface area contributed by atoms with Crippen LogP contribution in [0.2, 0.25) is 0 Å². The fourth-order valence-electron chi connectivity index (χ4n) is 6.52. The first kappa shape index (κ1) is 47.1. The quantitative estimate of drug-likeness (QED) is 0.0945. The molecule has 4 nitrogen and oxygen atoms in total. The molecule has 0 aromatic heterocycles. The molecule has 0 unspecified atom stereocenters. The van der Waals surface area contributed by atoms with E-state index in [1.54, 1.807) is 0 Å². The summed E-state index contributed by atoms with van der Waals surface area (Å²) < 4.78 is 59.6. The predicted molar refractivity (Wildman–Crippen MR) is 215 cm³/mol. The van der Waals surface area contributed by atoms with Gasteiger partial charge in [0.1, 0.15) is 11.5 Å². The maximum atomic E-state index is 11.4. The van der Waals surface area contributed by atoms with Crippen molar-refractivity contribution in [3.63, 3.8) is 0 Å². The summed E-state index contributed by atoms with van der Waals surface area (Å²) in [6.45, 7) is 13.3. The molecule has 5 rings (SSSR count). The minimum absolute atomic E-state index is 0. The molecule has 0 aliphatic heterocycles. The Morgan fingerprint density at radius 2 is 0.893 bits per heavy atom. The van der Waals surface area contributed by atoms with Gasteiger partial charge in [0.25, 0.3) is 0 Å². The Morgan fingerprint density at radius 3 is 1.20 bits per heavy atom. The summed E-state index contributed by atoms with van der Waals surface area (Å²) in [5.41, 5.74) is 8.27. The van der Waals surface area contributed by atoms with Crippen LogP contribution >= 0.6 is 0 Å². The van der Waals surface area contributed by atoms with Gasteiger partial charge in [-0.25, -0.2) is 0 Å². The SMILES string of the molecule is CC(C)(C)c1cc(C=N[C@@H]2CCCC[C@H]2N=Cc2cc(C(C)(C)C)cc(CCc3ccccc3)c2O)c(O)c(CCc2ccccc2)c1.[Co].[F][Sb-]([F])([F])([F])([F])[F]. The molecule has 0 saturated heterocycles. The zero-order chi connectivity index (χ0) is 40.7. The number of aryl methyl sites for hydroxylation is 4. The van der Waals surface area contributed by atoms with Crippen molar-refractivity contribution < 1.29 is 43.9 Å². The molecule has 4 aromatic rings. The van der Waals surface area contributed by atoms with Crippen LogP contribution in [0.25, 0.3) is 0 Å². The number of phenolic OH excluding ortho intramolecular Hbond substituents is 2. The Morgan fingerprint density at radius 1 is 0.571 bits per heavy atom. The molecule has 2 atom stereocenters. The van der Waals surface area contributed by atoms with Crippen LogP contribution in [0.3, 0.4) is 0 Å². The molecule has 2 N–H and O–H groups in total. The van der Waals surface area contributed by atoms with Crippen LogP contribution in [0.15, 0.2) is 94.9 Å². The number of phenols is 2. The number of hydrogen-bond donors (Lipinski definition) is 2. The zero-order valence-electron chi connectivity index (χ0n) is 32.9. The number of hydrogen-bond acceptors (Lipinski definition) is 4. The number of aliphatic imine (C=N–C) groups is 2. The van der Waals surface area contributed by atoms with Gasteiger partial charge >= 0.3 is 36.4 Å². The molecular weight excluding hydrogens is 883 g/mol. The van der Waals surface area contributed by atoms with Crippen LogP contribution in [0, 0.1) is 0 Å². The first-order chi connectivity index (χ1) is 25.3. The van der Waals surface area contributed by atoms with E-state index in [1.807, 2.05) is 24.6 Å². The van der Waals surface area contributed by atoms with E-state index in [4.69, 9.17) is 9.98 Å². The first-order valence-electron chi connectivity index (χ1n) is 18.8. The second-order valence-corrected chi connectivity index (χ2v) is 22.0. The van der Waals surface area contributed by atoms with Crippen molar-refractivity contribution in [3.8, 4) is 11.5 Å². The average molecular weight is 938 g/mol. The number of aromatic hydroxyl groups is 2. The van der Waals surface area contributed by atoms with E-state index < -0.39 is 19.5 Å². The van der Waals surface area contributed by atoms with E-state index >= 15 is 0 Å². The molecule has 1 saturated carbocycles. The Kier molecular flexibility index (Phi) is 15.2. The van der Waals surface area contributed by atoms with E-state index in [2.05, 4.69) is 114 Å². The van der Waals surface area contributed by atoms with E-state index in [0.717, 1.165) is 73.6 Å². The van der Waals surface area contributed by atoms with Gasteiger partial charge in [-0.2, -0.15) is 0 Å². The molecule has 1 aliphatic rings. The molecule has 4 aromatic carbocycles. The summed E-state index contributed by atoms with van der Waals surface area (Å²) in [6, 6.07) is 29.4. The molecular formula is C44H54CoF6N2O2Sb-. The van der Waals surface area contributed by atoms with Crippen LogP contribution in [0.5, 0.6) is 11.5 Å². The van der Waals surface area contributed by atoms with Crippen LogP contribution in [-0.4, -0.2) is 54.2 Å². The van der Waals surface area contributed by atoms with Gasteiger partial charge in [0.15, 0.2) is 0 Å². The van der Waals surface area contributed by atoms with Gasteiger partial charge in [-0.3, -0.25) is 9.98 Å².